The largest absolute Gasteiger partial charge is 0.442 e. The highest BCUT2D eigenvalue weighted by molar-refractivity contribution is 5.75. The van der Waals surface area contributed by atoms with Gasteiger partial charge in [0.2, 0.25) is 5.91 Å². The van der Waals surface area contributed by atoms with Crippen molar-refractivity contribution in [1.29, 1.82) is 0 Å². The Kier molecular flexibility index (Phi) is 7.89. The van der Waals surface area contributed by atoms with Crippen molar-refractivity contribution >= 4 is 23.5 Å². The van der Waals surface area contributed by atoms with Crippen LogP contribution in [0.3, 0.4) is 0 Å². The molecule has 1 saturated heterocycles. The van der Waals surface area contributed by atoms with E-state index in [-0.39, 0.29) is 23.6 Å². The van der Waals surface area contributed by atoms with E-state index < -0.39 is 6.10 Å². The number of amides is 2. The van der Waals surface area contributed by atoms with Crippen molar-refractivity contribution in [3.8, 4) is 11.1 Å². The van der Waals surface area contributed by atoms with Gasteiger partial charge < -0.3 is 15.4 Å². The highest BCUT2D eigenvalue weighted by Gasteiger charge is 2.56. The third-order valence-corrected chi connectivity index (χ3v) is 8.55. The number of aromatic nitrogens is 1. The lowest BCUT2D eigenvalue weighted by molar-refractivity contribution is -0.120. The first-order chi connectivity index (χ1) is 20.8. The number of carbonyl (C=O) groups excluding carboxylic acids is 2. The third-order valence-electron chi connectivity index (χ3n) is 8.55. The molecule has 1 aliphatic carbocycles. The van der Waals surface area contributed by atoms with Crippen LogP contribution in [0, 0.1) is 0 Å². The molecule has 2 amide bonds. The Morgan fingerprint density at radius 2 is 1.74 bits per heavy atom. The van der Waals surface area contributed by atoms with Crippen LogP contribution in [0.25, 0.3) is 11.1 Å². The van der Waals surface area contributed by atoms with E-state index in [9.17, 15) is 9.59 Å². The Hall–Kier alpha value is -4.65. The monoisotopic (exact) mass is 574 g/mol. The van der Waals surface area contributed by atoms with Gasteiger partial charge in [0.1, 0.15) is 11.9 Å². The minimum Gasteiger partial charge on any atom is -0.442 e. The van der Waals surface area contributed by atoms with Crippen LogP contribution in [-0.2, 0) is 21.5 Å². The van der Waals surface area contributed by atoms with E-state index in [0.29, 0.717) is 18.9 Å². The van der Waals surface area contributed by atoms with Gasteiger partial charge in [-0.15, -0.1) is 0 Å². The van der Waals surface area contributed by atoms with Crippen molar-refractivity contribution in [2.45, 2.75) is 63.6 Å². The molecule has 0 radical (unpaired) electrons. The van der Waals surface area contributed by atoms with Crippen molar-refractivity contribution in [2.24, 2.45) is 0 Å². The summed E-state index contributed by atoms with van der Waals surface area (Å²) in [5, 5.41) is 6.44. The zero-order valence-electron chi connectivity index (χ0n) is 24.9. The number of anilines is 2. The molecule has 43 heavy (non-hydrogen) atoms. The van der Waals surface area contributed by atoms with Crippen LogP contribution < -0.4 is 10.6 Å². The zero-order chi connectivity index (χ0) is 30.0. The van der Waals surface area contributed by atoms with Gasteiger partial charge in [-0.1, -0.05) is 80.6 Å². The summed E-state index contributed by atoms with van der Waals surface area (Å²) in [4.78, 5) is 31.8. The normalized spacial score (nSPS) is 17.8. The van der Waals surface area contributed by atoms with Crippen molar-refractivity contribution < 1.29 is 14.3 Å². The van der Waals surface area contributed by atoms with Crippen LogP contribution >= 0.6 is 0 Å². The molecule has 0 spiro atoms. The average Bonchev–Trinajstić information content (AvgIpc) is 3.73. The second kappa shape index (κ2) is 11.9. The molecule has 7 heteroatoms. The van der Waals surface area contributed by atoms with Gasteiger partial charge >= 0.3 is 6.09 Å². The van der Waals surface area contributed by atoms with Crippen LogP contribution in [-0.4, -0.2) is 40.6 Å². The Morgan fingerprint density at radius 1 is 0.977 bits per heavy atom. The van der Waals surface area contributed by atoms with E-state index >= 15 is 0 Å². The fourth-order valence-electron chi connectivity index (χ4n) is 6.04. The molecule has 0 bridgehead atoms. The molecule has 6 rings (SSSR count). The number of benzene rings is 3. The number of nitrogens with one attached hydrogen (secondary N) is 2. The maximum absolute atomic E-state index is 13.2. The van der Waals surface area contributed by atoms with E-state index in [1.807, 2.05) is 59.5 Å². The number of cyclic esters (lactones) is 1. The summed E-state index contributed by atoms with van der Waals surface area (Å²) in [7, 11) is 0. The van der Waals surface area contributed by atoms with Crippen LogP contribution in [0.1, 0.15) is 56.2 Å². The number of hydrogen-bond donors (Lipinski definition) is 2. The van der Waals surface area contributed by atoms with E-state index in [1.165, 1.54) is 18.1 Å². The number of ether oxygens (including phenoxy) is 1. The van der Waals surface area contributed by atoms with E-state index in [4.69, 9.17) is 4.74 Å². The summed E-state index contributed by atoms with van der Waals surface area (Å²) < 4.78 is 5.94. The maximum Gasteiger partial charge on any atom is 0.411 e. The van der Waals surface area contributed by atoms with Gasteiger partial charge in [0, 0.05) is 18.8 Å². The Bertz CT molecular complexity index is 1600. The SMILES string of the molecule is CC(=O)N[C@@H](Cc1ccc(Nc2cc(-c3ccccc3)ccn2)cc1)[C@H]1CN(C2(c3cccc(C(C)C)c3)CC2)C(=O)O1. The van der Waals surface area contributed by atoms with Gasteiger partial charge in [-0.3, -0.25) is 9.69 Å². The van der Waals surface area contributed by atoms with Crippen LogP contribution in [0.4, 0.5) is 16.3 Å². The summed E-state index contributed by atoms with van der Waals surface area (Å²) in [6, 6.07) is 30.5. The fraction of sp³-hybridized carbons (Fsp3) is 0.306. The van der Waals surface area contributed by atoms with E-state index in [0.717, 1.165) is 41.0 Å². The smallest absolute Gasteiger partial charge is 0.411 e. The molecule has 1 aliphatic heterocycles. The van der Waals surface area contributed by atoms with Crippen molar-refractivity contribution in [2.75, 3.05) is 11.9 Å². The minimum atomic E-state index is -0.440. The Balaban J connectivity index is 1.14. The minimum absolute atomic E-state index is 0.145. The second-order valence-corrected chi connectivity index (χ2v) is 12.0. The quantitative estimate of drug-likeness (QED) is 0.210. The Labute approximate surface area is 253 Å². The highest BCUT2D eigenvalue weighted by Crippen LogP contribution is 2.53. The summed E-state index contributed by atoms with van der Waals surface area (Å²) in [5.41, 5.74) is 6.28. The first kappa shape index (κ1) is 28.5. The zero-order valence-corrected chi connectivity index (χ0v) is 24.9. The molecule has 2 N–H and O–H groups in total. The van der Waals surface area contributed by atoms with Crippen molar-refractivity contribution in [1.82, 2.24) is 15.2 Å². The van der Waals surface area contributed by atoms with Gasteiger partial charge in [0.05, 0.1) is 18.1 Å². The number of carbonyl (C=O) groups is 2. The lowest BCUT2D eigenvalue weighted by Crippen LogP contribution is -2.46. The van der Waals surface area contributed by atoms with Crippen LogP contribution in [0.2, 0.25) is 0 Å². The van der Waals surface area contributed by atoms with Crippen LogP contribution in [0.15, 0.2) is 97.2 Å². The third kappa shape index (κ3) is 6.26. The summed E-state index contributed by atoms with van der Waals surface area (Å²) in [6.07, 6.45) is 3.43. The molecule has 1 aromatic heterocycles. The van der Waals surface area contributed by atoms with E-state index in [1.54, 1.807) is 6.20 Å². The summed E-state index contributed by atoms with van der Waals surface area (Å²) >= 11 is 0. The molecule has 2 heterocycles. The summed E-state index contributed by atoms with van der Waals surface area (Å²) in [5.74, 6) is 1.03. The molecule has 0 unspecified atom stereocenters. The van der Waals surface area contributed by atoms with Gasteiger partial charge in [0.25, 0.3) is 0 Å². The molecule has 2 aliphatic rings. The maximum atomic E-state index is 13.2. The number of hydrogen-bond acceptors (Lipinski definition) is 5. The van der Waals surface area contributed by atoms with Crippen molar-refractivity contribution in [3.05, 3.63) is 114 Å². The highest BCUT2D eigenvalue weighted by atomic mass is 16.6. The Morgan fingerprint density at radius 3 is 2.44 bits per heavy atom. The number of pyridine rings is 1. The molecular formula is C36H38N4O3. The summed E-state index contributed by atoms with van der Waals surface area (Å²) in [6.45, 7) is 6.31. The molecular weight excluding hydrogens is 536 g/mol. The first-order valence-electron chi connectivity index (χ1n) is 15.0. The molecule has 1 saturated carbocycles. The standard InChI is InChI=1S/C36H38N4O3/c1-24(2)28-10-7-11-30(21-28)36(17-18-36)40-23-33(43-35(40)42)32(38-25(3)41)20-26-12-14-31(15-13-26)39-34-22-29(16-19-37-34)27-8-5-4-6-9-27/h4-16,19,21-22,24,32-33H,17-18,20,23H2,1-3H3,(H,37,39)(H,38,41)/t32-,33+/m0/s1. The van der Waals surface area contributed by atoms with Gasteiger partial charge in [-0.25, -0.2) is 9.78 Å². The van der Waals surface area contributed by atoms with Gasteiger partial charge in [-0.2, -0.15) is 0 Å². The van der Waals surface area contributed by atoms with Gasteiger partial charge in [-0.05, 0) is 77.3 Å². The first-order valence-corrected chi connectivity index (χ1v) is 15.0. The van der Waals surface area contributed by atoms with Crippen LogP contribution in [0.5, 0.6) is 0 Å². The predicted molar refractivity (Wildman–Crippen MR) is 169 cm³/mol. The average molecular weight is 575 g/mol. The lowest BCUT2D eigenvalue weighted by Gasteiger charge is -2.28. The van der Waals surface area contributed by atoms with Gasteiger partial charge in [0.15, 0.2) is 0 Å². The fourth-order valence-corrected chi connectivity index (χ4v) is 6.04. The molecule has 4 aromatic rings. The molecule has 7 nitrogen and oxygen atoms in total. The molecule has 220 valence electrons. The lowest BCUT2D eigenvalue weighted by atomic mass is 9.95. The molecule has 3 aromatic carbocycles. The topological polar surface area (TPSA) is 83.6 Å². The number of rotatable bonds is 10. The van der Waals surface area contributed by atoms with Crippen molar-refractivity contribution in [3.63, 3.8) is 0 Å². The molecule has 2 atom stereocenters. The second-order valence-electron chi connectivity index (χ2n) is 12.0. The predicted octanol–water partition coefficient (Wildman–Crippen LogP) is 7.17. The molecule has 2 fully saturated rings. The van der Waals surface area contributed by atoms with E-state index in [2.05, 4.69) is 65.9 Å². The number of nitrogens with zero attached hydrogens (tertiary/aromatic N) is 2.